The molecule has 0 N–H and O–H groups in total. The van der Waals surface area contributed by atoms with Gasteiger partial charge in [-0.2, -0.15) is 0 Å². The lowest BCUT2D eigenvalue weighted by Crippen LogP contribution is -2.62. The van der Waals surface area contributed by atoms with Gasteiger partial charge in [0.05, 0.1) is 29.3 Å². The second-order valence-corrected chi connectivity index (χ2v) is 9.30. The van der Waals surface area contributed by atoms with Gasteiger partial charge in [-0.05, 0) is 45.2 Å². The molecule has 1 amide bonds. The normalized spacial score (nSPS) is 47.3. The highest BCUT2D eigenvalue weighted by molar-refractivity contribution is 8.14. The smallest absolute Gasteiger partial charge is 0.233 e. The molecule has 5 aliphatic rings. The molecule has 138 valence electrons. The van der Waals surface area contributed by atoms with Gasteiger partial charge in [-0.25, -0.2) is 8.78 Å². The first kappa shape index (κ1) is 16.5. The summed E-state index contributed by atoms with van der Waals surface area (Å²) in [7, 11) is 0. The first-order valence-electron chi connectivity index (χ1n) is 9.75. The molecular formula is C18H25F2N3OS. The summed E-state index contributed by atoms with van der Waals surface area (Å²) in [4.78, 5) is 21.6. The van der Waals surface area contributed by atoms with Crippen LogP contribution in [0.3, 0.4) is 0 Å². The molecule has 5 rings (SSSR count). The largest absolute Gasteiger partial charge is 0.295 e. The van der Waals surface area contributed by atoms with Crippen molar-refractivity contribution < 1.29 is 13.6 Å². The third-order valence-electron chi connectivity index (χ3n) is 6.75. The van der Waals surface area contributed by atoms with Crippen molar-refractivity contribution in [3.8, 4) is 0 Å². The van der Waals surface area contributed by atoms with E-state index in [1.54, 1.807) is 0 Å². The summed E-state index contributed by atoms with van der Waals surface area (Å²) in [5.41, 5.74) is 0. The van der Waals surface area contributed by atoms with Gasteiger partial charge in [0, 0.05) is 0 Å². The van der Waals surface area contributed by atoms with E-state index >= 15 is 4.39 Å². The van der Waals surface area contributed by atoms with Crippen LogP contribution in [0.5, 0.6) is 0 Å². The average molecular weight is 369 g/mol. The fourth-order valence-corrected chi connectivity index (χ4v) is 6.99. The highest BCUT2D eigenvalue weighted by atomic mass is 32.2. The summed E-state index contributed by atoms with van der Waals surface area (Å²) in [6, 6.07) is -0.369. The van der Waals surface area contributed by atoms with E-state index < -0.39 is 29.6 Å². The minimum absolute atomic E-state index is 0.0675. The molecule has 7 atom stereocenters. The number of alkyl halides is 2. The molecule has 0 radical (unpaired) electrons. The minimum Gasteiger partial charge on any atom is -0.295 e. The molecular weight excluding hydrogens is 344 g/mol. The number of aliphatic imine (C=N–C) groups is 1. The van der Waals surface area contributed by atoms with Crippen LogP contribution < -0.4 is 0 Å². The Kier molecular flexibility index (Phi) is 4.08. The van der Waals surface area contributed by atoms with Crippen molar-refractivity contribution in [1.82, 2.24) is 9.80 Å². The van der Waals surface area contributed by atoms with Crippen molar-refractivity contribution in [3.05, 3.63) is 0 Å². The monoisotopic (exact) mass is 369 g/mol. The molecule has 0 aromatic heterocycles. The van der Waals surface area contributed by atoms with E-state index in [0.717, 1.165) is 51.6 Å². The van der Waals surface area contributed by atoms with E-state index in [1.807, 2.05) is 9.80 Å². The number of likely N-dealkylation sites (tertiary alicyclic amines) is 1. The van der Waals surface area contributed by atoms with E-state index in [-0.39, 0.29) is 24.4 Å². The number of nitrogens with zero attached hydrogens (tertiary/aromatic N) is 3. The number of amidine groups is 1. The first-order valence-corrected chi connectivity index (χ1v) is 10.6. The van der Waals surface area contributed by atoms with Gasteiger partial charge in [0.1, 0.15) is 12.3 Å². The van der Waals surface area contributed by atoms with E-state index in [9.17, 15) is 9.18 Å². The summed E-state index contributed by atoms with van der Waals surface area (Å²) >= 11 is 1.42. The maximum absolute atomic E-state index is 15.4. The molecule has 3 aliphatic heterocycles. The van der Waals surface area contributed by atoms with Gasteiger partial charge in [-0.3, -0.25) is 19.6 Å². The van der Waals surface area contributed by atoms with Crippen LogP contribution >= 0.6 is 11.8 Å². The lowest BCUT2D eigenvalue weighted by molar-refractivity contribution is -0.137. The second kappa shape index (κ2) is 6.19. The average Bonchev–Trinajstić information content (AvgIpc) is 3.24. The Morgan fingerprint density at radius 1 is 1.08 bits per heavy atom. The Morgan fingerprint density at radius 2 is 1.84 bits per heavy atom. The summed E-state index contributed by atoms with van der Waals surface area (Å²) in [5.74, 6) is -0.601. The molecule has 0 bridgehead atoms. The fourth-order valence-electron chi connectivity index (χ4n) is 5.52. The van der Waals surface area contributed by atoms with Crippen LogP contribution in [0.25, 0.3) is 0 Å². The molecule has 2 saturated carbocycles. The summed E-state index contributed by atoms with van der Waals surface area (Å²) in [5, 5.41) is 0.239. The zero-order valence-electron chi connectivity index (χ0n) is 14.3. The summed E-state index contributed by atoms with van der Waals surface area (Å²) in [6.07, 6.45) is 3.88. The van der Waals surface area contributed by atoms with Gasteiger partial charge in [-0.1, -0.05) is 24.6 Å². The fraction of sp³-hybridized carbons (Fsp3) is 0.889. The Morgan fingerprint density at radius 3 is 2.64 bits per heavy atom. The van der Waals surface area contributed by atoms with E-state index in [2.05, 4.69) is 0 Å². The number of carbonyl (C=O) groups excluding carboxylic acids is 1. The zero-order valence-corrected chi connectivity index (χ0v) is 15.1. The highest BCUT2D eigenvalue weighted by Gasteiger charge is 2.57. The quantitative estimate of drug-likeness (QED) is 0.713. The molecule has 3 heterocycles. The zero-order chi connectivity index (χ0) is 17.1. The number of rotatable bonds is 1. The number of carbonyl (C=O) groups is 1. The van der Waals surface area contributed by atoms with Gasteiger partial charge >= 0.3 is 0 Å². The summed E-state index contributed by atoms with van der Waals surface area (Å²) in [6.45, 7) is 1.55. The Hall–Kier alpha value is -0.690. The maximum atomic E-state index is 15.4. The van der Waals surface area contributed by atoms with Crippen LogP contribution in [0.1, 0.15) is 44.9 Å². The van der Waals surface area contributed by atoms with Gasteiger partial charge in [0.2, 0.25) is 5.91 Å². The Bertz CT molecular complexity index is 597. The van der Waals surface area contributed by atoms with Gasteiger partial charge < -0.3 is 0 Å². The lowest BCUT2D eigenvalue weighted by Gasteiger charge is -2.48. The molecule has 0 aromatic rings. The van der Waals surface area contributed by atoms with Crippen molar-refractivity contribution in [1.29, 1.82) is 0 Å². The van der Waals surface area contributed by atoms with E-state index in [1.165, 1.54) is 11.8 Å². The number of thioether (sulfide) groups is 1. The van der Waals surface area contributed by atoms with Gasteiger partial charge in [-0.15, -0.1) is 0 Å². The number of hydrogen-bond donors (Lipinski definition) is 0. The predicted molar refractivity (Wildman–Crippen MR) is 94.2 cm³/mol. The number of halogens is 2. The SMILES string of the molecule is O=C1C2CC(F)C(N3CCCC3)C(F)C2SC2=NC3CCCCC3N12. The van der Waals surface area contributed by atoms with Crippen LogP contribution in [0, 0.1) is 5.92 Å². The van der Waals surface area contributed by atoms with Gasteiger partial charge in [0.25, 0.3) is 0 Å². The van der Waals surface area contributed by atoms with Crippen LogP contribution in [0.4, 0.5) is 8.78 Å². The van der Waals surface area contributed by atoms with Crippen molar-refractivity contribution in [3.63, 3.8) is 0 Å². The molecule has 2 aliphatic carbocycles. The van der Waals surface area contributed by atoms with E-state index in [0.29, 0.717) is 5.17 Å². The summed E-state index contributed by atoms with van der Waals surface area (Å²) < 4.78 is 30.2. The Labute approximate surface area is 151 Å². The number of fused-ring (bicyclic) bond motifs is 4. The maximum Gasteiger partial charge on any atom is 0.233 e. The molecule has 0 aromatic carbocycles. The van der Waals surface area contributed by atoms with Crippen molar-refractivity contribution in [2.45, 2.75) is 80.7 Å². The van der Waals surface area contributed by atoms with Gasteiger partial charge in [0.15, 0.2) is 5.17 Å². The molecule has 25 heavy (non-hydrogen) atoms. The molecule has 4 nitrogen and oxygen atoms in total. The lowest BCUT2D eigenvalue weighted by atomic mass is 9.80. The molecule has 0 spiro atoms. The number of amides is 1. The highest BCUT2D eigenvalue weighted by Crippen LogP contribution is 2.48. The van der Waals surface area contributed by atoms with E-state index in [4.69, 9.17) is 4.99 Å². The standard InChI is InChI=1S/C18H25F2N3OS/c19-11-9-10-16(14(20)15(11)22-7-3-4-8-22)25-18-21-12-5-1-2-6-13(12)23(18)17(10)24/h10-16H,1-9H2. The molecule has 4 fully saturated rings. The third kappa shape index (κ3) is 2.48. The van der Waals surface area contributed by atoms with Crippen LogP contribution in [-0.4, -0.2) is 69.7 Å². The van der Waals surface area contributed by atoms with Crippen LogP contribution in [0.15, 0.2) is 4.99 Å². The second-order valence-electron chi connectivity index (χ2n) is 8.16. The predicted octanol–water partition coefficient (Wildman–Crippen LogP) is 2.77. The van der Waals surface area contributed by atoms with Crippen molar-refractivity contribution >= 4 is 22.8 Å². The van der Waals surface area contributed by atoms with Crippen LogP contribution in [0.2, 0.25) is 0 Å². The topological polar surface area (TPSA) is 35.9 Å². The van der Waals surface area contributed by atoms with Crippen molar-refractivity contribution in [2.24, 2.45) is 10.9 Å². The Balaban J connectivity index is 1.42. The third-order valence-corrected chi connectivity index (χ3v) is 8.13. The first-order chi connectivity index (χ1) is 12.1. The molecule has 7 heteroatoms. The minimum atomic E-state index is -1.30. The number of hydrogen-bond acceptors (Lipinski definition) is 4. The molecule has 2 saturated heterocycles. The van der Waals surface area contributed by atoms with Crippen molar-refractivity contribution in [2.75, 3.05) is 13.1 Å². The molecule has 7 unspecified atom stereocenters. The van der Waals surface area contributed by atoms with Crippen LogP contribution in [-0.2, 0) is 4.79 Å².